The number of rotatable bonds is 7. The largest absolute Gasteiger partial charge is 0.329 e. The third kappa shape index (κ3) is 5.11. The van der Waals surface area contributed by atoms with Gasteiger partial charge in [-0.05, 0) is 43.3 Å². The molecule has 0 unspecified atom stereocenters. The van der Waals surface area contributed by atoms with Crippen molar-refractivity contribution in [2.24, 2.45) is 0 Å². The van der Waals surface area contributed by atoms with Crippen molar-refractivity contribution in [2.75, 3.05) is 23.1 Å². The van der Waals surface area contributed by atoms with E-state index in [0.29, 0.717) is 11.4 Å². The first-order valence-electron chi connectivity index (χ1n) is 8.82. The molecule has 2 aromatic rings. The van der Waals surface area contributed by atoms with E-state index in [2.05, 4.69) is 15.4 Å². The maximum atomic E-state index is 12.4. The predicted molar refractivity (Wildman–Crippen MR) is 107 cm³/mol. The summed E-state index contributed by atoms with van der Waals surface area (Å²) in [6, 6.07) is 12.1. The molecule has 152 valence electrons. The van der Waals surface area contributed by atoms with Gasteiger partial charge in [-0.25, -0.2) is 13.2 Å². The minimum Gasteiger partial charge on any atom is -0.329 e. The van der Waals surface area contributed by atoms with E-state index in [9.17, 15) is 22.8 Å². The van der Waals surface area contributed by atoms with Crippen LogP contribution in [0.15, 0.2) is 53.4 Å². The van der Waals surface area contributed by atoms with Crippen molar-refractivity contribution in [3.8, 4) is 0 Å². The van der Waals surface area contributed by atoms with Gasteiger partial charge in [0.05, 0.1) is 11.4 Å². The summed E-state index contributed by atoms with van der Waals surface area (Å²) >= 11 is 0. The molecule has 1 fully saturated rings. The SMILES string of the molecule is Cc1ccc(S(=O)(=O)Nc2ccc(NC(=O)CCN3C(=O)CNC3=O)cc2)cc1. The van der Waals surface area contributed by atoms with Gasteiger partial charge >= 0.3 is 6.03 Å². The first kappa shape index (κ1) is 20.3. The van der Waals surface area contributed by atoms with Crippen LogP contribution in [0.25, 0.3) is 0 Å². The van der Waals surface area contributed by atoms with Crippen LogP contribution in [0.5, 0.6) is 0 Å². The molecular weight excluding hydrogens is 396 g/mol. The summed E-state index contributed by atoms with van der Waals surface area (Å²) in [6.07, 6.45) is -0.0407. The van der Waals surface area contributed by atoms with E-state index < -0.39 is 16.1 Å². The second-order valence-electron chi connectivity index (χ2n) is 6.50. The van der Waals surface area contributed by atoms with Crippen molar-refractivity contribution < 1.29 is 22.8 Å². The summed E-state index contributed by atoms with van der Waals surface area (Å²) < 4.78 is 27.3. The van der Waals surface area contributed by atoms with E-state index in [0.717, 1.165) is 10.5 Å². The highest BCUT2D eigenvalue weighted by Gasteiger charge is 2.28. The Morgan fingerprint density at radius 2 is 1.66 bits per heavy atom. The quantitative estimate of drug-likeness (QED) is 0.592. The number of amides is 4. The predicted octanol–water partition coefficient (Wildman–Crippen LogP) is 1.68. The number of sulfonamides is 1. The highest BCUT2D eigenvalue weighted by molar-refractivity contribution is 7.92. The van der Waals surface area contributed by atoms with Crippen LogP contribution in [-0.2, 0) is 19.6 Å². The molecule has 4 amide bonds. The lowest BCUT2D eigenvalue weighted by molar-refractivity contribution is -0.125. The van der Waals surface area contributed by atoms with Gasteiger partial charge in [0.1, 0.15) is 0 Å². The number of urea groups is 1. The molecule has 2 aromatic carbocycles. The van der Waals surface area contributed by atoms with Crippen LogP contribution in [0.3, 0.4) is 0 Å². The van der Waals surface area contributed by atoms with E-state index in [-0.39, 0.29) is 36.2 Å². The Balaban J connectivity index is 1.55. The zero-order valence-corrected chi connectivity index (χ0v) is 16.5. The third-order valence-corrected chi connectivity index (χ3v) is 5.65. The molecule has 1 aliphatic heterocycles. The summed E-state index contributed by atoms with van der Waals surface area (Å²) in [5.41, 5.74) is 1.77. The number of nitrogens with one attached hydrogen (secondary N) is 3. The number of hydrogen-bond donors (Lipinski definition) is 3. The smallest absolute Gasteiger partial charge is 0.324 e. The highest BCUT2D eigenvalue weighted by Crippen LogP contribution is 2.19. The molecule has 0 aromatic heterocycles. The van der Waals surface area contributed by atoms with E-state index >= 15 is 0 Å². The van der Waals surface area contributed by atoms with Crippen molar-refractivity contribution >= 4 is 39.2 Å². The van der Waals surface area contributed by atoms with Crippen molar-refractivity contribution in [3.63, 3.8) is 0 Å². The van der Waals surface area contributed by atoms with Crippen LogP contribution in [-0.4, -0.2) is 44.3 Å². The van der Waals surface area contributed by atoms with Gasteiger partial charge in [0, 0.05) is 24.3 Å². The molecule has 0 aliphatic carbocycles. The van der Waals surface area contributed by atoms with Crippen molar-refractivity contribution in [1.82, 2.24) is 10.2 Å². The molecule has 1 heterocycles. The molecule has 0 saturated carbocycles. The average Bonchev–Trinajstić information content (AvgIpc) is 2.99. The van der Waals surface area contributed by atoms with Crippen LogP contribution in [0.1, 0.15) is 12.0 Å². The summed E-state index contributed by atoms with van der Waals surface area (Å²) in [5.74, 6) is -0.738. The van der Waals surface area contributed by atoms with Gasteiger partial charge in [-0.2, -0.15) is 0 Å². The maximum Gasteiger partial charge on any atom is 0.324 e. The van der Waals surface area contributed by atoms with Crippen LogP contribution >= 0.6 is 0 Å². The minimum absolute atomic E-state index is 0.00900. The van der Waals surface area contributed by atoms with Gasteiger partial charge < -0.3 is 10.6 Å². The fourth-order valence-corrected chi connectivity index (χ4v) is 3.73. The molecular formula is C19H20N4O5S. The molecule has 29 heavy (non-hydrogen) atoms. The second kappa shape index (κ2) is 8.31. The lowest BCUT2D eigenvalue weighted by atomic mass is 10.2. The Morgan fingerprint density at radius 1 is 1.03 bits per heavy atom. The summed E-state index contributed by atoms with van der Waals surface area (Å²) in [6.45, 7) is 1.81. The Kier molecular flexibility index (Phi) is 5.83. The molecule has 1 saturated heterocycles. The van der Waals surface area contributed by atoms with E-state index in [1.165, 1.54) is 24.3 Å². The molecule has 10 heteroatoms. The number of hydrogen-bond acceptors (Lipinski definition) is 5. The maximum absolute atomic E-state index is 12.4. The lowest BCUT2D eigenvalue weighted by Crippen LogP contribution is -2.33. The van der Waals surface area contributed by atoms with Crippen LogP contribution in [0.4, 0.5) is 16.2 Å². The van der Waals surface area contributed by atoms with Crippen molar-refractivity contribution in [3.05, 3.63) is 54.1 Å². The number of carbonyl (C=O) groups excluding carboxylic acids is 3. The van der Waals surface area contributed by atoms with Crippen molar-refractivity contribution in [2.45, 2.75) is 18.2 Å². The van der Waals surface area contributed by atoms with Gasteiger partial charge in [0.15, 0.2) is 0 Å². The number of anilines is 2. The molecule has 0 atom stereocenters. The van der Waals surface area contributed by atoms with Crippen LogP contribution in [0.2, 0.25) is 0 Å². The van der Waals surface area contributed by atoms with E-state index in [1.807, 2.05) is 6.92 Å². The zero-order valence-electron chi connectivity index (χ0n) is 15.6. The first-order valence-corrected chi connectivity index (χ1v) is 10.3. The van der Waals surface area contributed by atoms with Gasteiger partial charge in [0.2, 0.25) is 11.8 Å². The number of nitrogens with zero attached hydrogens (tertiary/aromatic N) is 1. The average molecular weight is 416 g/mol. The molecule has 0 radical (unpaired) electrons. The van der Waals surface area contributed by atoms with E-state index in [1.54, 1.807) is 24.3 Å². The Hall–Kier alpha value is -3.40. The topological polar surface area (TPSA) is 125 Å². The fraction of sp³-hybridized carbons (Fsp3) is 0.211. The first-order chi connectivity index (χ1) is 13.7. The number of aryl methyl sites for hydroxylation is 1. The summed E-state index contributed by atoms with van der Waals surface area (Å²) in [4.78, 5) is 36.1. The number of benzene rings is 2. The monoisotopic (exact) mass is 416 g/mol. The van der Waals surface area contributed by atoms with Crippen LogP contribution in [0, 0.1) is 6.92 Å². The Morgan fingerprint density at radius 3 is 2.24 bits per heavy atom. The Labute approximate surface area is 168 Å². The van der Waals surface area contributed by atoms with Gasteiger partial charge in [-0.3, -0.25) is 19.2 Å². The zero-order chi connectivity index (χ0) is 21.0. The molecule has 1 aliphatic rings. The van der Waals surface area contributed by atoms with Crippen LogP contribution < -0.4 is 15.4 Å². The standard InChI is InChI=1S/C19H20N4O5S/c1-13-2-8-16(9-3-13)29(27,28)22-15-6-4-14(5-7-15)21-17(24)10-11-23-18(25)12-20-19(23)26/h2-9,22H,10-12H2,1H3,(H,20,26)(H,21,24). The minimum atomic E-state index is -3.71. The summed E-state index contributed by atoms with van der Waals surface area (Å²) in [7, 11) is -3.71. The molecule has 3 N–H and O–H groups in total. The Bertz CT molecular complexity index is 1020. The fourth-order valence-electron chi connectivity index (χ4n) is 2.67. The number of carbonyl (C=O) groups is 3. The van der Waals surface area contributed by atoms with Gasteiger partial charge in [-0.15, -0.1) is 0 Å². The summed E-state index contributed by atoms with van der Waals surface area (Å²) in [5, 5.41) is 5.02. The molecule has 9 nitrogen and oxygen atoms in total. The molecule has 0 bridgehead atoms. The second-order valence-corrected chi connectivity index (χ2v) is 8.18. The normalized spacial score (nSPS) is 13.9. The van der Waals surface area contributed by atoms with Crippen molar-refractivity contribution in [1.29, 1.82) is 0 Å². The highest BCUT2D eigenvalue weighted by atomic mass is 32.2. The molecule has 3 rings (SSSR count). The lowest BCUT2D eigenvalue weighted by Gasteiger charge is -2.12. The van der Waals surface area contributed by atoms with Gasteiger partial charge in [0.25, 0.3) is 10.0 Å². The molecule has 0 spiro atoms. The third-order valence-electron chi connectivity index (χ3n) is 4.25. The van der Waals surface area contributed by atoms with Gasteiger partial charge in [-0.1, -0.05) is 17.7 Å². The number of imide groups is 1. The van der Waals surface area contributed by atoms with E-state index in [4.69, 9.17) is 0 Å².